The highest BCUT2D eigenvalue weighted by atomic mass is 16.5. The van der Waals surface area contributed by atoms with Crippen LogP contribution in [0.5, 0.6) is 17.2 Å². The summed E-state index contributed by atoms with van der Waals surface area (Å²) in [4.78, 5) is 16.3. The zero-order valence-corrected chi connectivity index (χ0v) is 14.8. The summed E-state index contributed by atoms with van der Waals surface area (Å²) in [7, 11) is 4.42. The number of aromatic nitrogens is 1. The summed E-state index contributed by atoms with van der Waals surface area (Å²) in [6, 6.07) is 14.8. The number of esters is 1. The fraction of sp³-hybridized carbons (Fsp3) is 0.200. The number of carbonyl (C=O) groups is 1. The van der Waals surface area contributed by atoms with Crippen LogP contribution in [0.1, 0.15) is 16.1 Å². The molecule has 0 amide bonds. The summed E-state index contributed by atoms with van der Waals surface area (Å²) in [6.07, 6.45) is 0. The van der Waals surface area contributed by atoms with Crippen molar-refractivity contribution in [3.63, 3.8) is 0 Å². The number of rotatable bonds is 6. The molecule has 1 aromatic heterocycles. The molecule has 0 spiro atoms. The van der Waals surface area contributed by atoms with E-state index in [9.17, 15) is 4.79 Å². The molecule has 0 bridgehead atoms. The van der Waals surface area contributed by atoms with Crippen LogP contribution in [-0.4, -0.2) is 32.3 Å². The van der Waals surface area contributed by atoms with Gasteiger partial charge in [0.05, 0.1) is 26.8 Å². The molecule has 0 N–H and O–H groups in total. The van der Waals surface area contributed by atoms with E-state index < -0.39 is 5.97 Å². The first kappa shape index (κ1) is 17.5. The molecule has 0 unspecified atom stereocenters. The largest absolute Gasteiger partial charge is 0.493 e. The van der Waals surface area contributed by atoms with E-state index >= 15 is 0 Å². The lowest BCUT2D eigenvalue weighted by Crippen LogP contribution is -2.06. The molecule has 3 aromatic rings. The second-order valence-corrected chi connectivity index (χ2v) is 5.50. The van der Waals surface area contributed by atoms with Crippen LogP contribution in [-0.2, 0) is 11.3 Å². The zero-order valence-electron chi connectivity index (χ0n) is 14.8. The summed E-state index contributed by atoms with van der Waals surface area (Å²) in [5.74, 6) is 1.05. The Hall–Kier alpha value is -3.28. The summed E-state index contributed by atoms with van der Waals surface area (Å²) in [5, 5.41) is 0.714. The molecule has 3 rings (SSSR count). The van der Waals surface area contributed by atoms with E-state index in [0.29, 0.717) is 34.8 Å². The highest BCUT2D eigenvalue weighted by molar-refractivity contribution is 5.95. The predicted molar refractivity (Wildman–Crippen MR) is 97.0 cm³/mol. The first-order valence-corrected chi connectivity index (χ1v) is 7.98. The maximum absolute atomic E-state index is 12.0. The van der Waals surface area contributed by atoms with E-state index in [4.69, 9.17) is 18.9 Å². The number of fused-ring (bicyclic) bond motifs is 1. The molecule has 6 heteroatoms. The van der Waals surface area contributed by atoms with Gasteiger partial charge in [-0.15, -0.1) is 0 Å². The SMILES string of the molecule is COC(=O)c1cc(OCc2ccccc2)c2cc(OC)c(OC)cc2n1. The normalized spacial score (nSPS) is 10.4. The van der Waals surface area contributed by atoms with Crippen LogP contribution in [0.25, 0.3) is 10.9 Å². The Bertz CT molecular complexity index is 924. The lowest BCUT2D eigenvalue weighted by molar-refractivity contribution is 0.0594. The number of hydrogen-bond acceptors (Lipinski definition) is 6. The molecule has 0 aliphatic carbocycles. The monoisotopic (exact) mass is 353 g/mol. The van der Waals surface area contributed by atoms with Gasteiger partial charge >= 0.3 is 5.97 Å². The van der Waals surface area contributed by atoms with Crippen molar-refractivity contribution in [1.82, 2.24) is 4.98 Å². The van der Waals surface area contributed by atoms with Gasteiger partial charge in [0, 0.05) is 17.5 Å². The van der Waals surface area contributed by atoms with E-state index in [1.54, 1.807) is 32.4 Å². The third-order valence-electron chi connectivity index (χ3n) is 3.91. The number of benzene rings is 2. The van der Waals surface area contributed by atoms with Gasteiger partial charge in [0.2, 0.25) is 0 Å². The van der Waals surface area contributed by atoms with Crippen LogP contribution >= 0.6 is 0 Å². The number of methoxy groups -OCH3 is 3. The molecule has 1 heterocycles. The van der Waals surface area contributed by atoms with Crippen molar-refractivity contribution in [2.24, 2.45) is 0 Å². The molecule has 0 fully saturated rings. The lowest BCUT2D eigenvalue weighted by atomic mass is 10.1. The van der Waals surface area contributed by atoms with Gasteiger partial charge in [0.25, 0.3) is 0 Å². The second kappa shape index (κ2) is 7.74. The maximum atomic E-state index is 12.0. The van der Waals surface area contributed by atoms with Crippen LogP contribution in [0.15, 0.2) is 48.5 Å². The number of ether oxygens (including phenoxy) is 4. The highest BCUT2D eigenvalue weighted by Gasteiger charge is 2.16. The molecule has 6 nitrogen and oxygen atoms in total. The van der Waals surface area contributed by atoms with Gasteiger partial charge < -0.3 is 18.9 Å². The van der Waals surface area contributed by atoms with Gasteiger partial charge in [-0.3, -0.25) is 0 Å². The molecule has 0 atom stereocenters. The Balaban J connectivity index is 2.09. The van der Waals surface area contributed by atoms with Crippen LogP contribution in [0.4, 0.5) is 0 Å². The van der Waals surface area contributed by atoms with Crippen LogP contribution in [0, 0.1) is 0 Å². The smallest absolute Gasteiger partial charge is 0.356 e. The summed E-state index contributed by atoms with van der Waals surface area (Å²) < 4.78 is 21.4. The van der Waals surface area contributed by atoms with E-state index in [1.165, 1.54) is 7.11 Å². The fourth-order valence-electron chi connectivity index (χ4n) is 2.59. The topological polar surface area (TPSA) is 66.9 Å². The Morgan fingerprint density at radius 3 is 2.27 bits per heavy atom. The summed E-state index contributed by atoms with van der Waals surface area (Å²) in [5.41, 5.74) is 1.72. The van der Waals surface area contributed by atoms with Gasteiger partial charge in [-0.25, -0.2) is 9.78 Å². The molecule has 0 saturated carbocycles. The lowest BCUT2D eigenvalue weighted by Gasteiger charge is -2.14. The molecular formula is C20H19NO5. The Labute approximate surface area is 151 Å². The number of pyridine rings is 1. The van der Waals surface area contributed by atoms with Gasteiger partial charge in [0.1, 0.15) is 12.4 Å². The van der Waals surface area contributed by atoms with E-state index in [-0.39, 0.29) is 5.69 Å². The predicted octanol–water partition coefficient (Wildman–Crippen LogP) is 3.62. The summed E-state index contributed by atoms with van der Waals surface area (Å²) in [6.45, 7) is 0.356. The first-order valence-electron chi connectivity index (χ1n) is 7.98. The van der Waals surface area contributed by atoms with Crippen LogP contribution in [0.2, 0.25) is 0 Å². The number of carbonyl (C=O) groups excluding carboxylic acids is 1. The van der Waals surface area contributed by atoms with E-state index in [2.05, 4.69) is 4.98 Å². The molecule has 134 valence electrons. The van der Waals surface area contributed by atoms with Gasteiger partial charge in [-0.2, -0.15) is 0 Å². The maximum Gasteiger partial charge on any atom is 0.356 e. The quantitative estimate of drug-likeness (QED) is 0.631. The van der Waals surface area contributed by atoms with Crippen molar-refractivity contribution in [3.05, 3.63) is 59.8 Å². The Kier molecular flexibility index (Phi) is 5.22. The van der Waals surface area contributed by atoms with Gasteiger partial charge in [-0.1, -0.05) is 30.3 Å². The van der Waals surface area contributed by atoms with Gasteiger partial charge in [-0.05, 0) is 11.6 Å². The minimum absolute atomic E-state index is 0.162. The standard InChI is InChI=1S/C20H19NO5/c1-23-18-9-14-15(10-19(18)24-2)21-16(20(22)25-3)11-17(14)26-12-13-7-5-4-6-8-13/h4-11H,12H2,1-3H3. The van der Waals surface area contributed by atoms with E-state index in [1.807, 2.05) is 30.3 Å². The van der Waals surface area contributed by atoms with E-state index in [0.717, 1.165) is 5.56 Å². The molecular weight excluding hydrogens is 334 g/mol. The molecule has 2 aromatic carbocycles. The van der Waals surface area contributed by atoms with Crippen molar-refractivity contribution >= 4 is 16.9 Å². The molecule has 0 aliphatic heterocycles. The van der Waals surface area contributed by atoms with Crippen LogP contribution in [0.3, 0.4) is 0 Å². The fourth-order valence-corrected chi connectivity index (χ4v) is 2.59. The van der Waals surface area contributed by atoms with Crippen molar-refractivity contribution in [2.75, 3.05) is 21.3 Å². The highest BCUT2D eigenvalue weighted by Crippen LogP contribution is 2.36. The van der Waals surface area contributed by atoms with Gasteiger partial charge in [0.15, 0.2) is 17.2 Å². The minimum Gasteiger partial charge on any atom is -0.493 e. The number of hydrogen-bond donors (Lipinski definition) is 0. The second-order valence-electron chi connectivity index (χ2n) is 5.50. The van der Waals surface area contributed by atoms with Crippen molar-refractivity contribution < 1.29 is 23.7 Å². The van der Waals surface area contributed by atoms with Crippen molar-refractivity contribution in [1.29, 1.82) is 0 Å². The third-order valence-corrected chi connectivity index (χ3v) is 3.91. The zero-order chi connectivity index (χ0) is 18.5. The average Bonchev–Trinajstić information content (AvgIpc) is 2.70. The molecule has 0 saturated heterocycles. The first-order chi connectivity index (χ1) is 12.7. The summed E-state index contributed by atoms with van der Waals surface area (Å²) >= 11 is 0. The average molecular weight is 353 g/mol. The number of nitrogens with zero attached hydrogens (tertiary/aromatic N) is 1. The van der Waals surface area contributed by atoms with Crippen molar-refractivity contribution in [2.45, 2.75) is 6.61 Å². The molecule has 0 aliphatic rings. The Morgan fingerprint density at radius 1 is 0.923 bits per heavy atom. The molecule has 0 radical (unpaired) electrons. The molecule has 26 heavy (non-hydrogen) atoms. The third kappa shape index (κ3) is 3.54. The van der Waals surface area contributed by atoms with Crippen LogP contribution < -0.4 is 14.2 Å². The minimum atomic E-state index is -0.536. The Morgan fingerprint density at radius 2 is 1.62 bits per heavy atom. The van der Waals surface area contributed by atoms with Crippen molar-refractivity contribution in [3.8, 4) is 17.2 Å².